The van der Waals surface area contributed by atoms with Crippen LogP contribution in [-0.2, 0) is 0 Å². The fraction of sp³-hybridized carbons (Fsp3) is 0.800. The van der Waals surface area contributed by atoms with Crippen LogP contribution in [0.15, 0.2) is 4.99 Å². The molecule has 0 aromatic carbocycles. The largest absolute Gasteiger partial charge is 0.388 e. The summed E-state index contributed by atoms with van der Waals surface area (Å²) in [5.74, 6) is 0.662. The smallest absolute Gasteiger partial charge is 0.0908 e. The van der Waals surface area contributed by atoms with Crippen LogP contribution in [-0.4, -0.2) is 11.9 Å². The molecule has 0 aromatic rings. The molecule has 0 aliphatic carbocycles. The molecule has 50 valence electrons. The van der Waals surface area contributed by atoms with Gasteiger partial charge in [-0.15, -0.1) is 0 Å². The van der Waals surface area contributed by atoms with Gasteiger partial charge in [0.15, 0.2) is 0 Å². The summed E-state index contributed by atoms with van der Waals surface area (Å²) in [5.41, 5.74) is 5.24. The number of aliphatic imine (C=N–C) groups is 1. The van der Waals surface area contributed by atoms with Crippen molar-refractivity contribution in [2.24, 2.45) is 10.7 Å². The normalized spacial score (nSPS) is 11.2. The molecular weight excluding hydrogens is 245 g/mol. The first-order valence-corrected chi connectivity index (χ1v) is 2.43. The Balaban J connectivity index is 0. The molecule has 0 aliphatic heterocycles. The Kier molecular flexibility index (Phi) is 8.57. The number of nitrogens with zero attached hydrogens (tertiary/aromatic N) is 1. The van der Waals surface area contributed by atoms with Crippen molar-refractivity contribution in [3.05, 3.63) is 0 Å². The van der Waals surface area contributed by atoms with Gasteiger partial charge in [0.1, 0.15) is 0 Å². The van der Waals surface area contributed by atoms with E-state index in [0.29, 0.717) is 11.9 Å². The molecule has 0 saturated heterocycles. The number of nitrogens with two attached hydrogens (primary N) is 1. The Labute approximate surface area is 82.6 Å². The fourth-order valence-corrected chi connectivity index (χ4v) is 0.407. The van der Waals surface area contributed by atoms with Crippen molar-refractivity contribution >= 4 is 5.84 Å². The monoisotopic (exact) mass is 258 g/mol. The Bertz CT molecular complexity index is 74.5. The molecule has 0 heterocycles. The van der Waals surface area contributed by atoms with E-state index in [1.165, 1.54) is 0 Å². The van der Waals surface area contributed by atoms with Crippen LogP contribution in [0.1, 0.15) is 20.8 Å². The van der Waals surface area contributed by atoms with Crippen LogP contribution >= 0.6 is 0 Å². The summed E-state index contributed by atoms with van der Waals surface area (Å²) in [6, 6.07) is 0.338. The van der Waals surface area contributed by atoms with E-state index in [1.807, 2.05) is 13.8 Å². The van der Waals surface area contributed by atoms with Crippen LogP contribution in [0.3, 0.4) is 0 Å². The second-order valence-corrected chi connectivity index (χ2v) is 1.86. The van der Waals surface area contributed by atoms with Gasteiger partial charge in [-0.1, -0.05) is 0 Å². The molecule has 0 fully saturated rings. The van der Waals surface area contributed by atoms with Gasteiger partial charge in [0.05, 0.1) is 5.84 Å². The quantitative estimate of drug-likeness (QED) is 0.547. The summed E-state index contributed by atoms with van der Waals surface area (Å²) in [4.78, 5) is 3.97. The van der Waals surface area contributed by atoms with Crippen LogP contribution in [0.2, 0.25) is 0 Å². The zero-order valence-corrected chi connectivity index (χ0v) is 7.72. The summed E-state index contributed by atoms with van der Waals surface area (Å²) in [5, 5.41) is 0. The van der Waals surface area contributed by atoms with E-state index in [1.54, 1.807) is 6.92 Å². The minimum absolute atomic E-state index is 0. The molecule has 0 spiro atoms. The Morgan fingerprint density at radius 3 is 1.88 bits per heavy atom. The third-order valence-corrected chi connectivity index (χ3v) is 0.462. The summed E-state index contributed by atoms with van der Waals surface area (Å²) in [7, 11) is 0. The third kappa shape index (κ3) is 9.92. The number of rotatable bonds is 1. The van der Waals surface area contributed by atoms with E-state index in [-0.39, 0.29) is 39.9 Å². The Hall–Kier alpha value is 0.795. The predicted molar refractivity (Wildman–Crippen MR) is 32.4 cm³/mol. The van der Waals surface area contributed by atoms with E-state index in [4.69, 9.17) is 5.73 Å². The first kappa shape index (κ1) is 11.6. The molecule has 0 atom stereocenters. The van der Waals surface area contributed by atoms with Gasteiger partial charge in [-0.05, 0) is 20.8 Å². The van der Waals surface area contributed by atoms with E-state index in [0.717, 1.165) is 0 Å². The first-order chi connectivity index (χ1) is 3.13. The molecule has 0 aliphatic rings. The van der Waals surface area contributed by atoms with Crippen molar-refractivity contribution in [2.45, 2.75) is 26.8 Å². The molecule has 0 aromatic heterocycles. The predicted octanol–water partition coefficient (Wildman–Crippen LogP) is 0.772. The minimum Gasteiger partial charge on any atom is -0.388 e. The van der Waals surface area contributed by atoms with E-state index in [9.17, 15) is 0 Å². The number of hydrogen-bond acceptors (Lipinski definition) is 1. The third-order valence-electron chi connectivity index (χ3n) is 0.462. The molecule has 0 amide bonds. The van der Waals surface area contributed by atoms with E-state index >= 15 is 0 Å². The van der Waals surface area contributed by atoms with Crippen molar-refractivity contribution < 1.29 is 39.9 Å². The van der Waals surface area contributed by atoms with Crippen molar-refractivity contribution in [3.63, 3.8) is 0 Å². The van der Waals surface area contributed by atoms with Gasteiger partial charge in [0, 0.05) is 46.0 Å². The summed E-state index contributed by atoms with van der Waals surface area (Å²) in [6.45, 7) is 5.78. The van der Waals surface area contributed by atoms with Crippen LogP contribution < -0.4 is 5.73 Å². The van der Waals surface area contributed by atoms with Crippen molar-refractivity contribution in [1.82, 2.24) is 0 Å². The zero-order chi connectivity index (χ0) is 5.86. The number of hydrogen-bond donors (Lipinski definition) is 1. The Morgan fingerprint density at radius 2 is 1.88 bits per heavy atom. The van der Waals surface area contributed by atoms with Crippen LogP contribution in [0, 0.1) is 39.9 Å². The fourth-order valence-electron chi connectivity index (χ4n) is 0.407. The van der Waals surface area contributed by atoms with Crippen LogP contribution in [0.4, 0.5) is 0 Å². The van der Waals surface area contributed by atoms with Gasteiger partial charge < -0.3 is 5.73 Å². The minimum atomic E-state index is 0. The molecule has 0 rings (SSSR count). The average molecular weight is 257 g/mol. The van der Waals surface area contributed by atoms with E-state index < -0.39 is 0 Å². The van der Waals surface area contributed by atoms with Gasteiger partial charge in [0.25, 0.3) is 0 Å². The first-order valence-electron chi connectivity index (χ1n) is 2.43. The van der Waals surface area contributed by atoms with Crippen molar-refractivity contribution in [3.8, 4) is 0 Å². The van der Waals surface area contributed by atoms with Gasteiger partial charge in [0.2, 0.25) is 0 Å². The van der Waals surface area contributed by atoms with Crippen LogP contribution in [0.5, 0.6) is 0 Å². The van der Waals surface area contributed by atoms with Gasteiger partial charge in [-0.25, -0.2) is 0 Å². The molecule has 3 heteroatoms. The maximum atomic E-state index is 5.24. The Morgan fingerprint density at radius 1 is 1.50 bits per heavy atom. The van der Waals surface area contributed by atoms with Gasteiger partial charge in [-0.2, -0.15) is 0 Å². The average Bonchev–Trinajstić information content (AvgIpc) is 1.27. The van der Waals surface area contributed by atoms with Gasteiger partial charge >= 0.3 is 0 Å². The zero-order valence-electron chi connectivity index (χ0n) is 5.46. The molecule has 0 radical (unpaired) electrons. The molecule has 2 nitrogen and oxygen atoms in total. The summed E-state index contributed by atoms with van der Waals surface area (Å²) >= 11 is 0. The maximum absolute atomic E-state index is 5.24. The van der Waals surface area contributed by atoms with Gasteiger partial charge in [-0.3, -0.25) is 4.99 Å². The molecule has 0 unspecified atom stereocenters. The summed E-state index contributed by atoms with van der Waals surface area (Å²) < 4.78 is 0. The molecule has 0 saturated carbocycles. The van der Waals surface area contributed by atoms with Crippen LogP contribution in [0.25, 0.3) is 0 Å². The molecular formula is C5H12GdN2. The van der Waals surface area contributed by atoms with Crippen molar-refractivity contribution in [1.29, 1.82) is 0 Å². The second-order valence-electron chi connectivity index (χ2n) is 1.86. The SMILES string of the molecule is CC(N)=NC(C)C.[Gd]. The molecule has 8 heavy (non-hydrogen) atoms. The molecule has 0 bridgehead atoms. The topological polar surface area (TPSA) is 38.4 Å². The standard InChI is InChI=1S/C5H12N2.Gd/c1-4(2)7-5(3)6;/h4H,1-3H3,(H2,6,7);. The maximum Gasteiger partial charge on any atom is 0.0908 e. The summed E-state index contributed by atoms with van der Waals surface area (Å²) in [6.07, 6.45) is 0. The van der Waals surface area contributed by atoms with Crippen molar-refractivity contribution in [2.75, 3.05) is 0 Å². The van der Waals surface area contributed by atoms with E-state index in [2.05, 4.69) is 4.99 Å². The second kappa shape index (κ2) is 5.92. The number of amidine groups is 1. The molecule has 2 N–H and O–H groups in total.